The van der Waals surface area contributed by atoms with Crippen LogP contribution in [0.25, 0.3) is 0 Å². The number of aromatic nitrogens is 2. The molecule has 0 spiro atoms. The van der Waals surface area contributed by atoms with Crippen molar-refractivity contribution in [1.82, 2.24) is 15.6 Å². The lowest BCUT2D eigenvalue weighted by Gasteiger charge is -2.05. The smallest absolute Gasteiger partial charge is 0.278 e. The largest absolute Gasteiger partial charge is 0.497 e. The number of amides is 1. The molecule has 8 heteroatoms. The Balaban J connectivity index is 1.69. The first-order chi connectivity index (χ1) is 12.7. The van der Waals surface area contributed by atoms with Gasteiger partial charge >= 0.3 is 0 Å². The molecule has 5 N–H and O–H groups in total. The minimum Gasteiger partial charge on any atom is -0.497 e. The lowest BCUT2D eigenvalue weighted by Crippen LogP contribution is -2.19. The van der Waals surface area contributed by atoms with Crippen molar-refractivity contribution in [2.24, 2.45) is 5.10 Å². The van der Waals surface area contributed by atoms with Crippen LogP contribution >= 0.6 is 0 Å². The Morgan fingerprint density at radius 3 is 2.62 bits per heavy atom. The summed E-state index contributed by atoms with van der Waals surface area (Å²) in [5, 5.41) is 13.6. The van der Waals surface area contributed by atoms with Crippen LogP contribution in [0.15, 0.2) is 59.7 Å². The van der Waals surface area contributed by atoms with Crippen molar-refractivity contribution in [2.45, 2.75) is 0 Å². The number of benzene rings is 2. The van der Waals surface area contributed by atoms with Gasteiger partial charge in [-0.05, 0) is 42.0 Å². The Labute approximate surface area is 150 Å². The molecular formula is C18H18N6O2. The molecule has 0 bridgehead atoms. The van der Waals surface area contributed by atoms with Gasteiger partial charge in [-0.1, -0.05) is 18.2 Å². The molecule has 1 amide bonds. The van der Waals surface area contributed by atoms with Crippen LogP contribution in [0.5, 0.6) is 5.75 Å². The second kappa shape index (κ2) is 7.84. The Morgan fingerprint density at radius 1 is 1.19 bits per heavy atom. The van der Waals surface area contributed by atoms with Crippen LogP contribution in [-0.4, -0.2) is 29.4 Å². The van der Waals surface area contributed by atoms with E-state index < -0.39 is 5.91 Å². The molecule has 0 unspecified atom stereocenters. The van der Waals surface area contributed by atoms with E-state index in [1.807, 2.05) is 42.5 Å². The molecule has 26 heavy (non-hydrogen) atoms. The Kier molecular flexibility index (Phi) is 5.14. The number of rotatable bonds is 6. The molecule has 132 valence electrons. The molecule has 0 atom stereocenters. The van der Waals surface area contributed by atoms with Gasteiger partial charge in [0.05, 0.1) is 13.3 Å². The van der Waals surface area contributed by atoms with Gasteiger partial charge < -0.3 is 15.8 Å². The summed E-state index contributed by atoms with van der Waals surface area (Å²) in [4.78, 5) is 12.4. The van der Waals surface area contributed by atoms with Crippen LogP contribution < -0.4 is 21.2 Å². The van der Waals surface area contributed by atoms with E-state index in [-0.39, 0.29) is 11.4 Å². The number of nitrogen functional groups attached to an aromatic ring is 1. The monoisotopic (exact) mass is 350 g/mol. The fourth-order valence-electron chi connectivity index (χ4n) is 2.25. The molecule has 3 aromatic rings. The van der Waals surface area contributed by atoms with Gasteiger partial charge in [-0.25, -0.2) is 5.43 Å². The number of anilines is 3. The standard InChI is InChI=1S/C18H18N6O2/c1-26-14-9-7-12(8-10-14)11-20-24-18(25)15-16(19)22-23-17(15)21-13-5-3-2-4-6-13/h2-11H,1H3,(H,24,25)(H4,19,21,22,23)/b20-11+. The SMILES string of the molecule is COc1ccc(/C=N/NC(=O)c2c(Nc3ccccc3)n[nH]c2N)cc1. The van der Waals surface area contributed by atoms with Crippen molar-refractivity contribution in [3.05, 3.63) is 65.7 Å². The number of carbonyl (C=O) groups is 1. The van der Waals surface area contributed by atoms with Gasteiger partial charge in [0.25, 0.3) is 5.91 Å². The number of carbonyl (C=O) groups excluding carboxylic acids is 1. The van der Waals surface area contributed by atoms with Crippen LogP contribution in [0.3, 0.4) is 0 Å². The number of hydrazone groups is 1. The molecular weight excluding hydrogens is 332 g/mol. The van der Waals surface area contributed by atoms with Crippen LogP contribution in [0, 0.1) is 0 Å². The minimum atomic E-state index is -0.473. The lowest BCUT2D eigenvalue weighted by atomic mass is 10.2. The van der Waals surface area contributed by atoms with E-state index in [9.17, 15) is 4.79 Å². The van der Waals surface area contributed by atoms with Crippen LogP contribution in [-0.2, 0) is 0 Å². The quantitative estimate of drug-likeness (QED) is 0.402. The maximum Gasteiger partial charge on any atom is 0.278 e. The van der Waals surface area contributed by atoms with E-state index in [1.165, 1.54) is 6.21 Å². The molecule has 8 nitrogen and oxygen atoms in total. The second-order valence-corrected chi connectivity index (χ2v) is 5.32. The highest BCUT2D eigenvalue weighted by Crippen LogP contribution is 2.22. The van der Waals surface area contributed by atoms with Crippen molar-refractivity contribution in [2.75, 3.05) is 18.2 Å². The van der Waals surface area contributed by atoms with Crippen LogP contribution in [0.2, 0.25) is 0 Å². The Morgan fingerprint density at radius 2 is 1.92 bits per heavy atom. The highest BCUT2D eigenvalue weighted by molar-refractivity contribution is 6.03. The average molecular weight is 350 g/mol. The van der Waals surface area contributed by atoms with Gasteiger partial charge in [0.1, 0.15) is 17.1 Å². The van der Waals surface area contributed by atoms with Gasteiger partial charge in [0.2, 0.25) is 0 Å². The van der Waals surface area contributed by atoms with E-state index in [2.05, 4.69) is 26.0 Å². The summed E-state index contributed by atoms with van der Waals surface area (Å²) in [5.74, 6) is 0.750. The van der Waals surface area contributed by atoms with Gasteiger partial charge in [-0.3, -0.25) is 9.89 Å². The first-order valence-corrected chi connectivity index (χ1v) is 7.80. The molecule has 0 saturated heterocycles. The van der Waals surface area contributed by atoms with Gasteiger partial charge in [-0.15, -0.1) is 0 Å². The summed E-state index contributed by atoms with van der Waals surface area (Å²) in [6, 6.07) is 16.6. The van der Waals surface area contributed by atoms with Gasteiger partial charge in [0, 0.05) is 5.69 Å². The number of nitrogens with one attached hydrogen (secondary N) is 3. The van der Waals surface area contributed by atoms with Gasteiger partial charge in [-0.2, -0.15) is 10.2 Å². The summed E-state index contributed by atoms with van der Waals surface area (Å²) in [6.07, 6.45) is 1.53. The summed E-state index contributed by atoms with van der Waals surface area (Å²) in [7, 11) is 1.60. The van der Waals surface area contributed by atoms with Crippen molar-refractivity contribution in [3.63, 3.8) is 0 Å². The maximum atomic E-state index is 12.4. The predicted molar refractivity (Wildman–Crippen MR) is 101 cm³/mol. The van der Waals surface area contributed by atoms with E-state index >= 15 is 0 Å². The van der Waals surface area contributed by atoms with Crippen LogP contribution in [0.1, 0.15) is 15.9 Å². The van der Waals surface area contributed by atoms with Crippen molar-refractivity contribution in [3.8, 4) is 5.75 Å². The molecule has 1 aromatic heterocycles. The molecule has 0 aliphatic heterocycles. The second-order valence-electron chi connectivity index (χ2n) is 5.32. The number of nitrogens with zero attached hydrogens (tertiary/aromatic N) is 2. The third-order valence-electron chi connectivity index (χ3n) is 3.55. The topological polar surface area (TPSA) is 117 Å². The number of hydrogen-bond donors (Lipinski definition) is 4. The summed E-state index contributed by atoms with van der Waals surface area (Å²) < 4.78 is 5.09. The first kappa shape index (κ1) is 17.0. The first-order valence-electron chi connectivity index (χ1n) is 7.80. The zero-order chi connectivity index (χ0) is 18.4. The van der Waals surface area contributed by atoms with E-state index in [0.717, 1.165) is 17.0 Å². The van der Waals surface area contributed by atoms with Crippen LogP contribution in [0.4, 0.5) is 17.3 Å². The Hall–Kier alpha value is -3.81. The molecule has 1 heterocycles. The number of methoxy groups -OCH3 is 1. The highest BCUT2D eigenvalue weighted by atomic mass is 16.5. The fraction of sp³-hybridized carbons (Fsp3) is 0.0556. The van der Waals surface area contributed by atoms with E-state index in [0.29, 0.717) is 5.82 Å². The van der Waals surface area contributed by atoms with E-state index in [4.69, 9.17) is 10.5 Å². The van der Waals surface area contributed by atoms with Crippen molar-refractivity contribution >= 4 is 29.4 Å². The number of H-pyrrole nitrogens is 1. The number of hydrogen-bond acceptors (Lipinski definition) is 6. The molecule has 3 rings (SSSR count). The summed E-state index contributed by atoms with van der Waals surface area (Å²) in [5.41, 5.74) is 10.1. The summed E-state index contributed by atoms with van der Waals surface area (Å²) in [6.45, 7) is 0. The zero-order valence-electron chi connectivity index (χ0n) is 14.1. The molecule has 0 aliphatic carbocycles. The number of para-hydroxylation sites is 1. The van der Waals surface area contributed by atoms with E-state index in [1.54, 1.807) is 19.2 Å². The molecule has 0 saturated carbocycles. The minimum absolute atomic E-state index is 0.153. The Bertz CT molecular complexity index is 903. The molecule has 0 aliphatic rings. The van der Waals surface area contributed by atoms with Crippen molar-refractivity contribution in [1.29, 1.82) is 0 Å². The fourth-order valence-corrected chi connectivity index (χ4v) is 2.25. The zero-order valence-corrected chi connectivity index (χ0v) is 14.1. The molecule has 2 aromatic carbocycles. The molecule has 0 fully saturated rings. The number of nitrogens with two attached hydrogens (primary N) is 1. The van der Waals surface area contributed by atoms with Gasteiger partial charge in [0.15, 0.2) is 5.82 Å². The summed E-state index contributed by atoms with van der Waals surface area (Å²) >= 11 is 0. The molecule has 0 radical (unpaired) electrons. The predicted octanol–water partition coefficient (Wildman–Crippen LogP) is 2.51. The normalized spacial score (nSPS) is 10.7. The third kappa shape index (κ3) is 3.99. The number of ether oxygens (including phenoxy) is 1. The van der Waals surface area contributed by atoms with Crippen molar-refractivity contribution < 1.29 is 9.53 Å². The maximum absolute atomic E-state index is 12.4. The lowest BCUT2D eigenvalue weighted by molar-refractivity contribution is 0.0957. The third-order valence-corrected chi connectivity index (χ3v) is 3.55. The average Bonchev–Trinajstić information content (AvgIpc) is 3.03. The highest BCUT2D eigenvalue weighted by Gasteiger charge is 2.18. The number of aromatic amines is 1.